The highest BCUT2D eigenvalue weighted by molar-refractivity contribution is 6.30. The third kappa shape index (κ3) is 6.77. The number of hydrogen-bond donors (Lipinski definition) is 1. The Hall–Kier alpha value is -1.27. The fraction of sp³-hybridized carbons (Fsp3) is 0.462. The lowest BCUT2D eigenvalue weighted by Gasteiger charge is -2.14. The second kappa shape index (κ2) is 7.50. The Labute approximate surface area is 120 Å². The van der Waals surface area contributed by atoms with Crippen LogP contribution in [0.1, 0.15) is 12.5 Å². The molecule has 0 aliphatic heterocycles. The number of rotatable bonds is 6. The second-order valence-corrected chi connectivity index (χ2v) is 4.67. The average molecular weight is 310 g/mol. The number of ether oxygens (including phenoxy) is 1. The van der Waals surface area contributed by atoms with Gasteiger partial charge in [0.15, 0.2) is 0 Å². The van der Waals surface area contributed by atoms with Crippen molar-refractivity contribution < 1.29 is 22.7 Å². The lowest BCUT2D eigenvalue weighted by molar-refractivity contribution is -0.185. The first-order valence-electron chi connectivity index (χ1n) is 5.98. The first-order chi connectivity index (χ1) is 9.28. The van der Waals surface area contributed by atoms with E-state index in [1.165, 1.54) is 6.92 Å². The van der Waals surface area contributed by atoms with Crippen LogP contribution in [0.2, 0.25) is 5.02 Å². The summed E-state index contributed by atoms with van der Waals surface area (Å²) < 4.78 is 40.2. The van der Waals surface area contributed by atoms with Crippen molar-refractivity contribution in [3.8, 4) is 0 Å². The number of halogens is 4. The topological polar surface area (TPSA) is 38.3 Å². The van der Waals surface area contributed by atoms with Crippen molar-refractivity contribution in [2.75, 3.05) is 13.2 Å². The predicted molar refractivity (Wildman–Crippen MR) is 69.6 cm³/mol. The first-order valence-corrected chi connectivity index (χ1v) is 6.36. The maximum atomic E-state index is 11.9. The molecule has 0 bridgehead atoms. The second-order valence-electron chi connectivity index (χ2n) is 4.24. The molecule has 1 aromatic carbocycles. The fourth-order valence-electron chi connectivity index (χ4n) is 1.42. The highest BCUT2D eigenvalue weighted by Crippen LogP contribution is 2.15. The van der Waals surface area contributed by atoms with Crippen molar-refractivity contribution in [2.24, 2.45) is 0 Å². The van der Waals surface area contributed by atoms with Crippen LogP contribution in [0.15, 0.2) is 24.3 Å². The van der Waals surface area contributed by atoms with Gasteiger partial charge in [-0.1, -0.05) is 23.7 Å². The van der Waals surface area contributed by atoms with Crippen molar-refractivity contribution in [2.45, 2.75) is 25.6 Å². The summed E-state index contributed by atoms with van der Waals surface area (Å²) in [6.07, 6.45) is -5.01. The Morgan fingerprint density at radius 2 is 1.95 bits per heavy atom. The number of hydrogen-bond acceptors (Lipinski definition) is 2. The van der Waals surface area contributed by atoms with E-state index in [4.69, 9.17) is 11.6 Å². The van der Waals surface area contributed by atoms with E-state index in [2.05, 4.69) is 10.1 Å². The number of carbonyl (C=O) groups excluding carboxylic acids is 1. The van der Waals surface area contributed by atoms with Crippen LogP contribution in [0.3, 0.4) is 0 Å². The summed E-state index contributed by atoms with van der Waals surface area (Å²) in [7, 11) is 0. The molecule has 0 fully saturated rings. The van der Waals surface area contributed by atoms with Crippen molar-refractivity contribution in [3.63, 3.8) is 0 Å². The molecule has 112 valence electrons. The maximum absolute atomic E-state index is 11.9. The Bertz CT molecular complexity index is 434. The number of benzene rings is 1. The van der Waals surface area contributed by atoms with Crippen molar-refractivity contribution in [3.05, 3.63) is 34.9 Å². The van der Waals surface area contributed by atoms with Crippen LogP contribution >= 0.6 is 11.6 Å². The zero-order chi connectivity index (χ0) is 15.2. The molecule has 0 radical (unpaired) electrons. The first kappa shape index (κ1) is 16.8. The number of amides is 1. The van der Waals surface area contributed by atoms with Gasteiger partial charge < -0.3 is 10.1 Å². The van der Waals surface area contributed by atoms with Gasteiger partial charge in [-0.25, -0.2) is 0 Å². The molecule has 1 N–H and O–H groups in total. The molecule has 0 aromatic heterocycles. The molecule has 1 unspecified atom stereocenters. The van der Waals surface area contributed by atoms with E-state index in [9.17, 15) is 18.0 Å². The molecule has 7 heteroatoms. The Balaban J connectivity index is 2.27. The summed E-state index contributed by atoms with van der Waals surface area (Å²) in [4.78, 5) is 11.5. The summed E-state index contributed by atoms with van der Waals surface area (Å²) in [5.74, 6) is -0.566. The molecule has 0 heterocycles. The normalized spacial score (nSPS) is 13.1. The van der Waals surface area contributed by atoms with Crippen LogP contribution in [0, 0.1) is 0 Å². The van der Waals surface area contributed by atoms with E-state index >= 15 is 0 Å². The standard InChI is InChI=1S/C13H15ClF3NO2/c1-9(20-8-13(15,16)17)12(19)18-7-6-10-2-4-11(14)5-3-10/h2-5,9H,6-8H2,1H3,(H,18,19). The summed E-state index contributed by atoms with van der Waals surface area (Å²) in [6.45, 7) is 0.169. The molecule has 0 aliphatic carbocycles. The molecule has 0 saturated carbocycles. The lowest BCUT2D eigenvalue weighted by atomic mass is 10.1. The molecule has 1 atom stereocenters. The van der Waals surface area contributed by atoms with E-state index in [1.807, 2.05) is 12.1 Å². The van der Waals surface area contributed by atoms with Gasteiger partial charge in [-0.05, 0) is 31.0 Å². The van der Waals surface area contributed by atoms with Crippen LogP contribution in [-0.2, 0) is 16.0 Å². The number of nitrogens with one attached hydrogen (secondary N) is 1. The number of alkyl halides is 3. The minimum atomic E-state index is -4.43. The van der Waals surface area contributed by atoms with Gasteiger partial charge in [0.25, 0.3) is 0 Å². The predicted octanol–water partition coefficient (Wildman–Crippen LogP) is 2.97. The molecule has 20 heavy (non-hydrogen) atoms. The molecule has 1 rings (SSSR count). The van der Waals surface area contributed by atoms with Gasteiger partial charge in [0.05, 0.1) is 0 Å². The summed E-state index contributed by atoms with van der Waals surface area (Å²) in [5, 5.41) is 3.14. The van der Waals surface area contributed by atoms with Crippen molar-refractivity contribution in [1.82, 2.24) is 5.32 Å². The smallest absolute Gasteiger partial charge is 0.359 e. The van der Waals surface area contributed by atoms with Crippen LogP contribution in [0.25, 0.3) is 0 Å². The van der Waals surface area contributed by atoms with E-state index in [1.54, 1.807) is 12.1 Å². The molecule has 1 aromatic rings. The third-order valence-corrected chi connectivity index (χ3v) is 2.74. The Kier molecular flexibility index (Phi) is 6.29. The minimum Gasteiger partial charge on any atom is -0.359 e. The molecule has 0 aliphatic rings. The Morgan fingerprint density at radius 1 is 1.35 bits per heavy atom. The van der Waals surface area contributed by atoms with Crippen LogP contribution in [0.4, 0.5) is 13.2 Å². The Morgan fingerprint density at radius 3 is 2.50 bits per heavy atom. The quantitative estimate of drug-likeness (QED) is 0.877. The maximum Gasteiger partial charge on any atom is 0.411 e. The highest BCUT2D eigenvalue weighted by Gasteiger charge is 2.29. The van der Waals surface area contributed by atoms with E-state index < -0.39 is 24.8 Å². The van der Waals surface area contributed by atoms with E-state index in [0.717, 1.165) is 5.56 Å². The van der Waals surface area contributed by atoms with Gasteiger partial charge in [0, 0.05) is 11.6 Å². The summed E-state index contributed by atoms with van der Waals surface area (Å²) >= 11 is 5.73. The third-order valence-electron chi connectivity index (χ3n) is 2.49. The molecule has 0 saturated heterocycles. The zero-order valence-electron chi connectivity index (χ0n) is 10.8. The van der Waals surface area contributed by atoms with Crippen LogP contribution in [-0.4, -0.2) is 31.3 Å². The summed E-state index contributed by atoms with van der Waals surface area (Å²) in [6, 6.07) is 7.09. The van der Waals surface area contributed by atoms with Gasteiger partial charge in [-0.15, -0.1) is 0 Å². The van der Waals surface area contributed by atoms with E-state index in [0.29, 0.717) is 18.0 Å². The fourth-order valence-corrected chi connectivity index (χ4v) is 1.55. The van der Waals surface area contributed by atoms with Crippen molar-refractivity contribution in [1.29, 1.82) is 0 Å². The molecular formula is C13H15ClF3NO2. The van der Waals surface area contributed by atoms with Crippen molar-refractivity contribution >= 4 is 17.5 Å². The van der Waals surface area contributed by atoms with Crippen LogP contribution in [0.5, 0.6) is 0 Å². The van der Waals surface area contributed by atoms with Gasteiger partial charge in [-0.3, -0.25) is 4.79 Å². The largest absolute Gasteiger partial charge is 0.411 e. The average Bonchev–Trinajstić information content (AvgIpc) is 2.37. The summed E-state index contributed by atoms with van der Waals surface area (Å²) in [5.41, 5.74) is 0.971. The van der Waals surface area contributed by atoms with Crippen LogP contribution < -0.4 is 5.32 Å². The SMILES string of the molecule is CC(OCC(F)(F)F)C(=O)NCCc1ccc(Cl)cc1. The lowest BCUT2D eigenvalue weighted by Crippen LogP contribution is -2.37. The number of carbonyl (C=O) groups is 1. The van der Waals surface area contributed by atoms with Gasteiger partial charge in [0.2, 0.25) is 5.91 Å². The molecular weight excluding hydrogens is 295 g/mol. The zero-order valence-corrected chi connectivity index (χ0v) is 11.6. The molecule has 1 amide bonds. The highest BCUT2D eigenvalue weighted by atomic mass is 35.5. The van der Waals surface area contributed by atoms with E-state index in [-0.39, 0.29) is 0 Å². The van der Waals surface area contributed by atoms with Gasteiger partial charge in [0.1, 0.15) is 12.7 Å². The minimum absolute atomic E-state index is 0.320. The van der Waals surface area contributed by atoms with Gasteiger partial charge >= 0.3 is 6.18 Å². The molecule has 3 nitrogen and oxygen atoms in total. The monoisotopic (exact) mass is 309 g/mol. The molecule has 0 spiro atoms. The van der Waals surface area contributed by atoms with Gasteiger partial charge in [-0.2, -0.15) is 13.2 Å².